The van der Waals surface area contributed by atoms with Crippen LogP contribution in [0.4, 0.5) is 0 Å². The molecule has 0 aliphatic carbocycles. The molecule has 1 rings (SSSR count). The van der Waals surface area contributed by atoms with E-state index in [1.165, 1.54) is 11.3 Å². The average molecular weight is 282 g/mol. The standard InChI is InChI=1S/C9H10BrClOS/c1-5(6(2)12)3-7-4-8(10)9(11)13-7/h3-4,6,12H,1-2H3. The van der Waals surface area contributed by atoms with Crippen LogP contribution >= 0.6 is 38.9 Å². The molecule has 72 valence electrons. The van der Waals surface area contributed by atoms with Crippen LogP contribution in [0.25, 0.3) is 6.08 Å². The lowest BCUT2D eigenvalue weighted by Crippen LogP contribution is -1.99. The predicted molar refractivity (Wildman–Crippen MR) is 62.4 cm³/mol. The highest BCUT2D eigenvalue weighted by atomic mass is 79.9. The van der Waals surface area contributed by atoms with E-state index in [1.807, 2.05) is 19.1 Å². The highest BCUT2D eigenvalue weighted by Gasteiger charge is 2.04. The molecule has 0 aliphatic rings. The second-order valence-electron chi connectivity index (χ2n) is 2.83. The van der Waals surface area contributed by atoms with E-state index >= 15 is 0 Å². The van der Waals surface area contributed by atoms with Crippen molar-refractivity contribution in [3.63, 3.8) is 0 Å². The molecular weight excluding hydrogens is 272 g/mol. The summed E-state index contributed by atoms with van der Waals surface area (Å²) in [6.07, 6.45) is 1.53. The van der Waals surface area contributed by atoms with E-state index in [9.17, 15) is 5.11 Å². The van der Waals surface area contributed by atoms with Crippen LogP contribution in [0.5, 0.6) is 0 Å². The van der Waals surface area contributed by atoms with Crippen molar-refractivity contribution in [3.05, 3.63) is 25.3 Å². The Hall–Kier alpha value is 0.170. The van der Waals surface area contributed by atoms with Crippen LogP contribution in [0.15, 0.2) is 16.1 Å². The zero-order valence-corrected chi connectivity index (χ0v) is 10.5. The van der Waals surface area contributed by atoms with Crippen molar-refractivity contribution in [2.24, 2.45) is 0 Å². The molecule has 1 unspecified atom stereocenters. The lowest BCUT2D eigenvalue weighted by molar-refractivity contribution is 0.232. The van der Waals surface area contributed by atoms with Gasteiger partial charge < -0.3 is 5.11 Å². The van der Waals surface area contributed by atoms with Gasteiger partial charge in [0.15, 0.2) is 0 Å². The molecule has 1 aromatic rings. The van der Waals surface area contributed by atoms with Crippen molar-refractivity contribution in [2.75, 3.05) is 0 Å². The molecule has 0 aliphatic heterocycles. The molecule has 1 aromatic heterocycles. The fourth-order valence-electron chi connectivity index (χ4n) is 0.779. The summed E-state index contributed by atoms with van der Waals surface area (Å²) in [5.41, 5.74) is 0.936. The molecule has 4 heteroatoms. The molecule has 1 nitrogen and oxygen atoms in total. The summed E-state index contributed by atoms with van der Waals surface area (Å²) in [6, 6.07) is 1.94. The van der Waals surface area contributed by atoms with Gasteiger partial charge in [-0.05, 0) is 47.5 Å². The Labute approximate surface area is 95.2 Å². The first kappa shape index (κ1) is 11.2. The quantitative estimate of drug-likeness (QED) is 0.870. The SMILES string of the molecule is CC(=Cc1cc(Br)c(Cl)s1)C(C)O. The summed E-state index contributed by atoms with van der Waals surface area (Å²) in [4.78, 5) is 1.05. The molecule has 0 bridgehead atoms. The smallest absolute Gasteiger partial charge is 0.108 e. The lowest BCUT2D eigenvalue weighted by atomic mass is 10.2. The van der Waals surface area contributed by atoms with Gasteiger partial charge in [0.2, 0.25) is 0 Å². The second-order valence-corrected chi connectivity index (χ2v) is 5.37. The predicted octanol–water partition coefficient (Wildman–Crippen LogP) is 3.95. The maximum Gasteiger partial charge on any atom is 0.108 e. The summed E-state index contributed by atoms with van der Waals surface area (Å²) in [5.74, 6) is 0. The van der Waals surface area contributed by atoms with Crippen molar-refractivity contribution in [1.82, 2.24) is 0 Å². The van der Waals surface area contributed by atoms with Crippen molar-refractivity contribution >= 4 is 44.9 Å². The van der Waals surface area contributed by atoms with Crippen molar-refractivity contribution in [2.45, 2.75) is 20.0 Å². The van der Waals surface area contributed by atoms with Gasteiger partial charge in [0.25, 0.3) is 0 Å². The molecular formula is C9H10BrClOS. The molecule has 0 fully saturated rings. The van der Waals surface area contributed by atoms with E-state index in [-0.39, 0.29) is 0 Å². The van der Waals surface area contributed by atoms with Gasteiger partial charge in [-0.25, -0.2) is 0 Å². The van der Waals surface area contributed by atoms with Gasteiger partial charge in [-0.1, -0.05) is 11.6 Å². The molecule has 0 amide bonds. The number of aliphatic hydroxyl groups is 1. The van der Waals surface area contributed by atoms with Gasteiger partial charge in [-0.15, -0.1) is 11.3 Å². The number of hydrogen-bond acceptors (Lipinski definition) is 2. The fourth-order valence-corrected chi connectivity index (χ4v) is 2.53. The minimum Gasteiger partial charge on any atom is -0.389 e. The topological polar surface area (TPSA) is 20.2 Å². The van der Waals surface area contributed by atoms with Crippen LogP contribution in [-0.4, -0.2) is 11.2 Å². The number of rotatable bonds is 2. The lowest BCUT2D eigenvalue weighted by Gasteiger charge is -2.01. The van der Waals surface area contributed by atoms with E-state index < -0.39 is 6.10 Å². The number of halogens is 2. The van der Waals surface area contributed by atoms with Crippen molar-refractivity contribution in [3.8, 4) is 0 Å². The maximum atomic E-state index is 9.25. The molecule has 0 aromatic carbocycles. The maximum absolute atomic E-state index is 9.25. The third-order valence-corrected chi connectivity index (χ3v) is 4.11. The molecule has 0 spiro atoms. The summed E-state index contributed by atoms with van der Waals surface area (Å²) < 4.78 is 1.65. The normalized spacial score (nSPS) is 14.7. The van der Waals surface area contributed by atoms with Gasteiger partial charge in [-0.3, -0.25) is 0 Å². The summed E-state index contributed by atoms with van der Waals surface area (Å²) in [5, 5.41) is 9.25. The number of thiophene rings is 1. The van der Waals surface area contributed by atoms with E-state index in [0.717, 1.165) is 19.3 Å². The third kappa shape index (κ3) is 3.09. The van der Waals surface area contributed by atoms with Crippen LogP contribution in [0.1, 0.15) is 18.7 Å². The zero-order chi connectivity index (χ0) is 10.0. The molecule has 13 heavy (non-hydrogen) atoms. The van der Waals surface area contributed by atoms with Crippen LogP contribution in [-0.2, 0) is 0 Å². The Morgan fingerprint density at radius 2 is 2.38 bits per heavy atom. The minimum absolute atomic E-state index is 0.403. The molecule has 0 radical (unpaired) electrons. The van der Waals surface area contributed by atoms with Gasteiger partial charge in [-0.2, -0.15) is 0 Å². The van der Waals surface area contributed by atoms with E-state index in [2.05, 4.69) is 15.9 Å². The first-order valence-corrected chi connectivity index (χ1v) is 5.80. The Balaban J connectivity index is 2.91. The summed E-state index contributed by atoms with van der Waals surface area (Å²) in [7, 11) is 0. The van der Waals surface area contributed by atoms with Gasteiger partial charge >= 0.3 is 0 Å². The Kier molecular flexibility index (Phi) is 3.98. The fraction of sp³-hybridized carbons (Fsp3) is 0.333. The van der Waals surface area contributed by atoms with E-state index in [4.69, 9.17) is 11.6 Å². The Bertz CT molecular complexity index is 311. The van der Waals surface area contributed by atoms with E-state index in [1.54, 1.807) is 6.92 Å². The molecule has 0 saturated carbocycles. The van der Waals surface area contributed by atoms with Gasteiger partial charge in [0.1, 0.15) is 4.34 Å². The van der Waals surface area contributed by atoms with Gasteiger partial charge in [0.05, 0.1) is 6.10 Å². The largest absolute Gasteiger partial charge is 0.389 e. The Morgan fingerprint density at radius 1 is 1.77 bits per heavy atom. The van der Waals surface area contributed by atoms with Crippen LogP contribution in [0, 0.1) is 0 Å². The molecule has 0 saturated heterocycles. The first-order valence-electron chi connectivity index (χ1n) is 3.82. The van der Waals surface area contributed by atoms with Crippen LogP contribution in [0.2, 0.25) is 4.34 Å². The van der Waals surface area contributed by atoms with Crippen molar-refractivity contribution < 1.29 is 5.11 Å². The summed E-state index contributed by atoms with van der Waals surface area (Å²) >= 11 is 10.7. The first-order chi connectivity index (χ1) is 6.00. The second kappa shape index (κ2) is 4.60. The minimum atomic E-state index is -0.403. The number of aliphatic hydroxyl groups excluding tert-OH is 1. The highest BCUT2D eigenvalue weighted by molar-refractivity contribution is 9.10. The van der Waals surface area contributed by atoms with Gasteiger partial charge in [0, 0.05) is 9.35 Å². The highest BCUT2D eigenvalue weighted by Crippen LogP contribution is 2.33. The summed E-state index contributed by atoms with van der Waals surface area (Å²) in [6.45, 7) is 3.64. The van der Waals surface area contributed by atoms with Crippen molar-refractivity contribution in [1.29, 1.82) is 0 Å². The van der Waals surface area contributed by atoms with Crippen LogP contribution in [0.3, 0.4) is 0 Å². The molecule has 1 N–H and O–H groups in total. The van der Waals surface area contributed by atoms with E-state index in [0.29, 0.717) is 0 Å². The molecule has 1 heterocycles. The average Bonchev–Trinajstić information content (AvgIpc) is 2.31. The molecule has 1 atom stereocenters. The monoisotopic (exact) mass is 280 g/mol. The third-order valence-electron chi connectivity index (χ3n) is 1.69. The zero-order valence-electron chi connectivity index (χ0n) is 7.34. The van der Waals surface area contributed by atoms with Crippen LogP contribution < -0.4 is 0 Å². The Morgan fingerprint density at radius 3 is 2.77 bits per heavy atom. The number of hydrogen-bond donors (Lipinski definition) is 1.